The molecule has 0 saturated heterocycles. The highest BCUT2D eigenvalue weighted by Crippen LogP contribution is 2.03. The van der Waals surface area contributed by atoms with Crippen LogP contribution >= 0.6 is 0 Å². The van der Waals surface area contributed by atoms with Gasteiger partial charge in [0.25, 0.3) is 0 Å². The average Bonchev–Trinajstić information content (AvgIpc) is 2.21. The van der Waals surface area contributed by atoms with Gasteiger partial charge in [-0.25, -0.2) is 4.39 Å². The molecule has 0 bridgehead atoms. The molecule has 0 aliphatic heterocycles. The van der Waals surface area contributed by atoms with Crippen LogP contribution in [0.1, 0.15) is 18.9 Å². The molecule has 76 valence electrons. The van der Waals surface area contributed by atoms with Crippen LogP contribution in [-0.2, 0) is 0 Å². The zero-order chi connectivity index (χ0) is 10.2. The van der Waals surface area contributed by atoms with Gasteiger partial charge < -0.3 is 5.32 Å². The molecule has 0 spiro atoms. The zero-order valence-corrected chi connectivity index (χ0v) is 8.46. The lowest BCUT2D eigenvalue weighted by molar-refractivity contribution is 0.628. The van der Waals surface area contributed by atoms with E-state index in [-0.39, 0.29) is 5.82 Å². The second-order valence-corrected chi connectivity index (χ2v) is 3.16. The maximum atomic E-state index is 12.5. The van der Waals surface area contributed by atoms with Crippen LogP contribution in [-0.4, -0.2) is 13.1 Å². The molecule has 2 heteroatoms. The zero-order valence-electron chi connectivity index (χ0n) is 8.46. The number of rotatable bonds is 5. The maximum Gasteiger partial charge on any atom is 0.123 e. The van der Waals surface area contributed by atoms with Gasteiger partial charge in [0.1, 0.15) is 5.82 Å². The second kappa shape index (κ2) is 6.33. The van der Waals surface area contributed by atoms with Crippen molar-refractivity contribution in [1.29, 1.82) is 0 Å². The minimum Gasteiger partial charge on any atom is -0.313 e. The molecule has 1 nitrogen and oxygen atoms in total. The Bertz CT molecular complexity index is 277. The molecule has 1 N–H and O–H groups in total. The lowest BCUT2D eigenvalue weighted by atomic mass is 10.2. The molecule has 0 aromatic heterocycles. The van der Waals surface area contributed by atoms with Crippen LogP contribution < -0.4 is 5.32 Å². The van der Waals surface area contributed by atoms with Gasteiger partial charge in [0, 0.05) is 6.54 Å². The van der Waals surface area contributed by atoms with Crippen molar-refractivity contribution in [2.45, 2.75) is 13.3 Å². The summed E-state index contributed by atoms with van der Waals surface area (Å²) in [6.07, 6.45) is 5.18. The molecule has 0 aliphatic carbocycles. The Hall–Kier alpha value is -1.15. The predicted molar refractivity (Wildman–Crippen MR) is 58.6 cm³/mol. The van der Waals surface area contributed by atoms with Gasteiger partial charge in [-0.3, -0.25) is 0 Å². The average molecular weight is 193 g/mol. The lowest BCUT2D eigenvalue weighted by Gasteiger charge is -1.96. The third kappa shape index (κ3) is 4.19. The molecule has 14 heavy (non-hydrogen) atoms. The highest BCUT2D eigenvalue weighted by atomic mass is 19.1. The van der Waals surface area contributed by atoms with Crippen LogP contribution in [0.3, 0.4) is 0 Å². The predicted octanol–water partition coefficient (Wildman–Crippen LogP) is 2.84. The largest absolute Gasteiger partial charge is 0.313 e. The van der Waals surface area contributed by atoms with E-state index in [1.165, 1.54) is 12.1 Å². The minimum atomic E-state index is -0.189. The van der Waals surface area contributed by atoms with Gasteiger partial charge in [0.15, 0.2) is 0 Å². The Labute approximate surface area is 84.6 Å². The third-order valence-electron chi connectivity index (χ3n) is 1.87. The summed E-state index contributed by atoms with van der Waals surface area (Å²) in [5, 5.41) is 3.26. The van der Waals surface area contributed by atoms with E-state index in [0.29, 0.717) is 0 Å². The summed E-state index contributed by atoms with van der Waals surface area (Å²) in [4.78, 5) is 0. The van der Waals surface area contributed by atoms with Crippen molar-refractivity contribution in [2.24, 2.45) is 0 Å². The molecule has 0 atom stereocenters. The molecule has 0 amide bonds. The fourth-order valence-corrected chi connectivity index (χ4v) is 1.13. The Balaban J connectivity index is 2.33. The fraction of sp³-hybridized carbons (Fsp3) is 0.333. The molecule has 0 aliphatic rings. The van der Waals surface area contributed by atoms with E-state index in [2.05, 4.69) is 12.2 Å². The Morgan fingerprint density at radius 1 is 1.29 bits per heavy atom. The topological polar surface area (TPSA) is 12.0 Å². The van der Waals surface area contributed by atoms with E-state index in [4.69, 9.17) is 0 Å². The number of halogens is 1. The molecule has 0 unspecified atom stereocenters. The molecule has 0 saturated carbocycles. The fourth-order valence-electron chi connectivity index (χ4n) is 1.13. The molecule has 1 aromatic carbocycles. The van der Waals surface area contributed by atoms with Crippen molar-refractivity contribution in [2.75, 3.05) is 13.1 Å². The smallest absolute Gasteiger partial charge is 0.123 e. The first-order chi connectivity index (χ1) is 6.83. The second-order valence-electron chi connectivity index (χ2n) is 3.16. The first kappa shape index (κ1) is 10.9. The van der Waals surface area contributed by atoms with E-state index in [1.807, 2.05) is 12.2 Å². The molecule has 0 radical (unpaired) electrons. The van der Waals surface area contributed by atoms with Gasteiger partial charge in [0.2, 0.25) is 0 Å². The SMILES string of the molecule is CCCNCC=Cc1ccc(F)cc1. The summed E-state index contributed by atoms with van der Waals surface area (Å²) < 4.78 is 12.5. The summed E-state index contributed by atoms with van der Waals surface area (Å²) in [5.41, 5.74) is 1.03. The van der Waals surface area contributed by atoms with Crippen molar-refractivity contribution >= 4 is 6.08 Å². The van der Waals surface area contributed by atoms with Gasteiger partial charge >= 0.3 is 0 Å². The molecule has 1 aromatic rings. The minimum absolute atomic E-state index is 0.189. The number of nitrogens with one attached hydrogen (secondary N) is 1. The lowest BCUT2D eigenvalue weighted by Crippen LogP contribution is -2.13. The monoisotopic (exact) mass is 193 g/mol. The third-order valence-corrected chi connectivity index (χ3v) is 1.87. The standard InChI is InChI=1S/C12H16FN/c1-2-9-14-10-3-4-11-5-7-12(13)8-6-11/h3-8,14H,2,9-10H2,1H3. The van der Waals surface area contributed by atoms with Crippen LogP contribution in [0.15, 0.2) is 30.3 Å². The summed E-state index contributed by atoms with van der Waals surface area (Å²) in [6.45, 7) is 4.04. The van der Waals surface area contributed by atoms with Crippen molar-refractivity contribution in [3.05, 3.63) is 41.7 Å². The van der Waals surface area contributed by atoms with E-state index >= 15 is 0 Å². The molecule has 0 fully saturated rings. The first-order valence-corrected chi connectivity index (χ1v) is 4.95. The number of hydrogen-bond acceptors (Lipinski definition) is 1. The van der Waals surface area contributed by atoms with Crippen molar-refractivity contribution in [1.82, 2.24) is 5.32 Å². The van der Waals surface area contributed by atoms with E-state index < -0.39 is 0 Å². The quantitative estimate of drug-likeness (QED) is 0.709. The number of benzene rings is 1. The molecule has 0 heterocycles. The Morgan fingerprint density at radius 2 is 2.00 bits per heavy atom. The van der Waals surface area contributed by atoms with Crippen molar-refractivity contribution < 1.29 is 4.39 Å². The number of hydrogen-bond donors (Lipinski definition) is 1. The van der Waals surface area contributed by atoms with E-state index in [9.17, 15) is 4.39 Å². The van der Waals surface area contributed by atoms with E-state index in [1.54, 1.807) is 12.1 Å². The molecular formula is C12H16FN. The van der Waals surface area contributed by atoms with Crippen LogP contribution in [0.5, 0.6) is 0 Å². The van der Waals surface area contributed by atoms with Crippen molar-refractivity contribution in [3.8, 4) is 0 Å². The van der Waals surface area contributed by atoms with Crippen molar-refractivity contribution in [3.63, 3.8) is 0 Å². The van der Waals surface area contributed by atoms with E-state index in [0.717, 1.165) is 25.1 Å². The van der Waals surface area contributed by atoms with Gasteiger partial charge in [-0.1, -0.05) is 31.2 Å². The van der Waals surface area contributed by atoms with Gasteiger partial charge in [-0.2, -0.15) is 0 Å². The Morgan fingerprint density at radius 3 is 2.64 bits per heavy atom. The van der Waals surface area contributed by atoms with Gasteiger partial charge in [-0.05, 0) is 30.7 Å². The maximum absolute atomic E-state index is 12.5. The molecule has 1 rings (SSSR count). The van der Waals surface area contributed by atoms with Crippen LogP contribution in [0, 0.1) is 5.82 Å². The highest BCUT2D eigenvalue weighted by Gasteiger charge is 1.87. The molecular weight excluding hydrogens is 177 g/mol. The van der Waals surface area contributed by atoms with Crippen LogP contribution in [0.4, 0.5) is 4.39 Å². The Kier molecular flexibility index (Phi) is 4.94. The van der Waals surface area contributed by atoms with Crippen LogP contribution in [0.25, 0.3) is 6.08 Å². The normalized spacial score (nSPS) is 11.0. The highest BCUT2D eigenvalue weighted by molar-refractivity contribution is 5.48. The van der Waals surface area contributed by atoms with Gasteiger partial charge in [-0.15, -0.1) is 0 Å². The van der Waals surface area contributed by atoms with Crippen LogP contribution in [0.2, 0.25) is 0 Å². The first-order valence-electron chi connectivity index (χ1n) is 4.95. The van der Waals surface area contributed by atoms with Gasteiger partial charge in [0.05, 0.1) is 0 Å². The summed E-state index contributed by atoms with van der Waals surface area (Å²) in [6, 6.07) is 6.48. The summed E-state index contributed by atoms with van der Waals surface area (Å²) >= 11 is 0. The summed E-state index contributed by atoms with van der Waals surface area (Å²) in [5.74, 6) is -0.189. The summed E-state index contributed by atoms with van der Waals surface area (Å²) in [7, 11) is 0.